The Labute approximate surface area is 171 Å². The lowest BCUT2D eigenvalue weighted by Crippen LogP contribution is -2.27. The molecule has 0 radical (unpaired) electrons. The minimum absolute atomic E-state index is 0.301. The summed E-state index contributed by atoms with van der Waals surface area (Å²) in [7, 11) is 0. The number of amides is 1. The molecule has 1 fully saturated rings. The fourth-order valence-corrected chi connectivity index (χ4v) is 3.87. The van der Waals surface area contributed by atoms with Crippen molar-refractivity contribution < 1.29 is 9.21 Å². The first kappa shape index (κ1) is 19.4. The molecule has 152 valence electrons. The monoisotopic (exact) mass is 414 g/mol. The number of nitrogens with one attached hydrogen (secondary N) is 1. The summed E-state index contributed by atoms with van der Waals surface area (Å²) in [6, 6.07) is 2.66. The van der Waals surface area contributed by atoms with Crippen LogP contribution in [0.4, 0.5) is 5.82 Å². The van der Waals surface area contributed by atoms with E-state index in [0.29, 0.717) is 18.7 Å². The van der Waals surface area contributed by atoms with Gasteiger partial charge in [0, 0.05) is 25.7 Å². The lowest BCUT2D eigenvalue weighted by Gasteiger charge is -2.17. The zero-order valence-electron chi connectivity index (χ0n) is 16.1. The van der Waals surface area contributed by atoms with Crippen molar-refractivity contribution in [2.45, 2.75) is 31.5 Å². The molecule has 0 aromatic carbocycles. The second kappa shape index (κ2) is 8.64. The van der Waals surface area contributed by atoms with Gasteiger partial charge in [-0.05, 0) is 24.7 Å². The Bertz CT molecular complexity index is 1050. The van der Waals surface area contributed by atoms with Gasteiger partial charge in [0.2, 0.25) is 0 Å². The molecule has 29 heavy (non-hydrogen) atoms. The number of carbonyl (C=O) groups is 1. The van der Waals surface area contributed by atoms with E-state index >= 15 is 0 Å². The molecule has 0 bridgehead atoms. The summed E-state index contributed by atoms with van der Waals surface area (Å²) in [5.41, 5.74) is 0.590. The summed E-state index contributed by atoms with van der Waals surface area (Å²) in [5.74, 6) is 1.53. The fraction of sp³-hybridized carbons (Fsp3) is 0.421. The van der Waals surface area contributed by atoms with Crippen molar-refractivity contribution >= 4 is 34.5 Å². The Hall–Kier alpha value is -2.88. The molecule has 3 aromatic rings. The summed E-state index contributed by atoms with van der Waals surface area (Å²) in [6.45, 7) is 4.91. The number of carbonyl (C=O) groups excluding carboxylic acids is 1. The summed E-state index contributed by atoms with van der Waals surface area (Å²) < 4.78 is 6.52. The van der Waals surface area contributed by atoms with Crippen LogP contribution in [-0.4, -0.2) is 51.0 Å². The Morgan fingerprint density at radius 2 is 2.10 bits per heavy atom. The number of fused-ring (bicyclic) bond motifs is 1. The zero-order valence-corrected chi connectivity index (χ0v) is 16.9. The molecule has 4 rings (SSSR count). The van der Waals surface area contributed by atoms with Gasteiger partial charge in [0.25, 0.3) is 5.91 Å². The molecule has 3 aromatic heterocycles. The largest absolute Gasteiger partial charge is 0.430 e. The minimum atomic E-state index is -0.487. The predicted octanol–water partition coefficient (Wildman–Crippen LogP) is 1.92. The summed E-state index contributed by atoms with van der Waals surface area (Å²) in [5, 5.41) is 8.96. The molecule has 0 aliphatic carbocycles. The first-order valence-corrected chi connectivity index (χ1v) is 10.6. The highest BCUT2D eigenvalue weighted by atomic mass is 32.2. The van der Waals surface area contributed by atoms with Crippen molar-refractivity contribution in [2.75, 3.05) is 30.3 Å². The van der Waals surface area contributed by atoms with Gasteiger partial charge in [-0.15, -0.1) is 0 Å². The number of rotatable bonds is 7. The first-order chi connectivity index (χ1) is 14.2. The molecule has 4 heterocycles. The highest BCUT2D eigenvalue weighted by molar-refractivity contribution is 7.99. The molecular formula is C19H22N6O3S. The number of thioether (sulfide) groups is 1. The fourth-order valence-electron chi connectivity index (χ4n) is 3.31. The van der Waals surface area contributed by atoms with Crippen LogP contribution in [0.2, 0.25) is 0 Å². The van der Waals surface area contributed by atoms with Gasteiger partial charge >= 0.3 is 5.63 Å². The Morgan fingerprint density at radius 3 is 2.83 bits per heavy atom. The normalized spacial score (nSPS) is 13.9. The van der Waals surface area contributed by atoms with Gasteiger partial charge in [-0.3, -0.25) is 4.79 Å². The average molecular weight is 414 g/mol. The van der Waals surface area contributed by atoms with Crippen molar-refractivity contribution in [3.63, 3.8) is 0 Å². The molecule has 1 N–H and O–H groups in total. The smallest absolute Gasteiger partial charge is 0.335 e. The van der Waals surface area contributed by atoms with Gasteiger partial charge in [0.1, 0.15) is 12.1 Å². The minimum Gasteiger partial charge on any atom is -0.430 e. The first-order valence-electron chi connectivity index (χ1n) is 9.64. The summed E-state index contributed by atoms with van der Waals surface area (Å²) in [6.07, 6.45) is 5.30. The third-order valence-corrected chi connectivity index (χ3v) is 5.44. The van der Waals surface area contributed by atoms with E-state index in [1.807, 2.05) is 0 Å². The van der Waals surface area contributed by atoms with E-state index < -0.39 is 5.63 Å². The highest BCUT2D eigenvalue weighted by Gasteiger charge is 2.20. The van der Waals surface area contributed by atoms with Crippen molar-refractivity contribution in [1.29, 1.82) is 0 Å². The molecule has 1 aliphatic heterocycles. The van der Waals surface area contributed by atoms with E-state index in [2.05, 4.69) is 27.2 Å². The van der Waals surface area contributed by atoms with Crippen LogP contribution in [0.1, 0.15) is 30.1 Å². The Kier molecular flexibility index (Phi) is 5.79. The summed E-state index contributed by atoms with van der Waals surface area (Å²) in [4.78, 5) is 34.9. The third-order valence-electron chi connectivity index (χ3n) is 4.71. The second-order valence-electron chi connectivity index (χ2n) is 6.66. The van der Waals surface area contributed by atoms with E-state index in [1.165, 1.54) is 25.0 Å². The zero-order chi connectivity index (χ0) is 20.2. The lowest BCUT2D eigenvalue weighted by molar-refractivity contribution is 0.0949. The molecule has 1 aliphatic rings. The van der Waals surface area contributed by atoms with E-state index in [1.54, 1.807) is 22.6 Å². The second-order valence-corrected chi connectivity index (χ2v) is 7.89. The highest BCUT2D eigenvalue weighted by Crippen LogP contribution is 2.29. The van der Waals surface area contributed by atoms with Crippen LogP contribution in [0.25, 0.3) is 11.0 Å². The molecule has 1 amide bonds. The van der Waals surface area contributed by atoms with Crippen LogP contribution in [0.15, 0.2) is 39.0 Å². The van der Waals surface area contributed by atoms with Crippen molar-refractivity contribution in [3.8, 4) is 0 Å². The van der Waals surface area contributed by atoms with Crippen molar-refractivity contribution in [3.05, 3.63) is 40.6 Å². The van der Waals surface area contributed by atoms with Crippen LogP contribution >= 0.6 is 11.8 Å². The van der Waals surface area contributed by atoms with Crippen LogP contribution in [-0.2, 0) is 6.54 Å². The number of aromatic nitrogens is 4. The van der Waals surface area contributed by atoms with Crippen LogP contribution in [0.3, 0.4) is 0 Å². The maximum absolute atomic E-state index is 12.2. The topological polar surface area (TPSA) is 106 Å². The van der Waals surface area contributed by atoms with Gasteiger partial charge in [-0.2, -0.15) is 5.10 Å². The molecule has 10 heteroatoms. The van der Waals surface area contributed by atoms with Gasteiger partial charge in [0.15, 0.2) is 10.8 Å². The van der Waals surface area contributed by atoms with Crippen LogP contribution in [0, 0.1) is 0 Å². The third kappa shape index (κ3) is 4.26. The number of anilines is 1. The average Bonchev–Trinajstić information content (AvgIpc) is 3.39. The Balaban J connectivity index is 1.52. The van der Waals surface area contributed by atoms with Gasteiger partial charge in [-0.1, -0.05) is 18.7 Å². The number of nitrogens with zero attached hydrogens (tertiary/aromatic N) is 5. The maximum atomic E-state index is 12.2. The SMILES string of the molecule is CCSc1nc(N2CCCC2)c2cnn(CCNC(=O)c3ccc(=O)oc3)c2n1. The quantitative estimate of drug-likeness (QED) is 0.462. The number of hydrogen-bond acceptors (Lipinski definition) is 8. The van der Waals surface area contributed by atoms with Gasteiger partial charge in [0.05, 0.1) is 23.7 Å². The molecular weight excluding hydrogens is 392 g/mol. The van der Waals surface area contributed by atoms with Gasteiger partial charge < -0.3 is 14.6 Å². The lowest BCUT2D eigenvalue weighted by atomic mass is 10.3. The molecule has 1 saturated heterocycles. The molecule has 0 spiro atoms. The van der Waals surface area contributed by atoms with E-state index in [-0.39, 0.29) is 5.91 Å². The predicted molar refractivity (Wildman–Crippen MR) is 110 cm³/mol. The summed E-state index contributed by atoms with van der Waals surface area (Å²) >= 11 is 1.61. The Morgan fingerprint density at radius 1 is 1.28 bits per heavy atom. The van der Waals surface area contributed by atoms with Crippen molar-refractivity contribution in [2.24, 2.45) is 0 Å². The van der Waals surface area contributed by atoms with Gasteiger partial charge in [-0.25, -0.2) is 19.4 Å². The molecule has 0 saturated carbocycles. The van der Waals surface area contributed by atoms with E-state index in [9.17, 15) is 9.59 Å². The maximum Gasteiger partial charge on any atom is 0.335 e. The molecule has 0 unspecified atom stereocenters. The van der Waals surface area contributed by atoms with Crippen LogP contribution in [0.5, 0.6) is 0 Å². The van der Waals surface area contributed by atoms with E-state index in [0.717, 1.165) is 47.1 Å². The molecule has 0 atom stereocenters. The standard InChI is InChI=1S/C19H22N6O3S/c1-2-29-19-22-16(24-8-3-4-9-24)14-11-21-25(17(14)23-19)10-7-20-18(27)13-5-6-15(26)28-12-13/h5-6,11-12H,2-4,7-10H2,1H3,(H,20,27). The van der Waals surface area contributed by atoms with Crippen molar-refractivity contribution in [1.82, 2.24) is 25.1 Å². The van der Waals surface area contributed by atoms with Crippen LogP contribution < -0.4 is 15.8 Å². The molecule has 9 nitrogen and oxygen atoms in total. The van der Waals surface area contributed by atoms with E-state index in [4.69, 9.17) is 9.40 Å². The number of hydrogen-bond donors (Lipinski definition) is 1.